The molecule has 2 rings (SSSR count). The molecule has 0 spiro atoms. The largest absolute Gasteiger partial charge is 0.343 e. The van der Waals surface area contributed by atoms with Crippen LogP contribution < -0.4 is 10.2 Å². The summed E-state index contributed by atoms with van der Waals surface area (Å²) < 4.78 is 1.73. The van der Waals surface area contributed by atoms with Gasteiger partial charge in [0.1, 0.15) is 12.1 Å². The molecule has 6 nitrogen and oxygen atoms in total. The molecule has 1 aromatic heterocycles. The first-order chi connectivity index (χ1) is 8.04. The Bertz CT molecular complexity index is 454. The molecular formula is C11H16N4O2. The Morgan fingerprint density at radius 3 is 2.71 bits per heavy atom. The van der Waals surface area contributed by atoms with Crippen LogP contribution in [0.15, 0.2) is 12.3 Å². The minimum atomic E-state index is -0.515. The summed E-state index contributed by atoms with van der Waals surface area (Å²) in [6.07, 6.45) is 1.80. The molecule has 2 amide bonds. The number of aromatic nitrogens is 2. The highest BCUT2D eigenvalue weighted by Gasteiger charge is 2.37. The lowest BCUT2D eigenvalue weighted by Gasteiger charge is -2.34. The smallest absolute Gasteiger partial charge is 0.251 e. The molecule has 1 saturated heterocycles. The SMILES string of the molecule is CCn1ccc(N2C(=O)C(C)NC(=O)C2C)n1. The fourth-order valence-electron chi connectivity index (χ4n) is 1.88. The number of rotatable bonds is 2. The highest BCUT2D eigenvalue weighted by atomic mass is 16.2. The van der Waals surface area contributed by atoms with Gasteiger partial charge >= 0.3 is 0 Å². The molecule has 0 bridgehead atoms. The van der Waals surface area contributed by atoms with Gasteiger partial charge in [-0.2, -0.15) is 5.10 Å². The van der Waals surface area contributed by atoms with Gasteiger partial charge in [0, 0.05) is 18.8 Å². The average molecular weight is 236 g/mol. The molecule has 2 atom stereocenters. The lowest BCUT2D eigenvalue weighted by Crippen LogP contribution is -2.61. The molecule has 92 valence electrons. The van der Waals surface area contributed by atoms with E-state index in [-0.39, 0.29) is 11.8 Å². The lowest BCUT2D eigenvalue weighted by molar-refractivity contribution is -0.133. The van der Waals surface area contributed by atoms with Crippen LogP contribution in [0.5, 0.6) is 0 Å². The van der Waals surface area contributed by atoms with Crippen molar-refractivity contribution in [3.05, 3.63) is 12.3 Å². The molecular weight excluding hydrogens is 220 g/mol. The van der Waals surface area contributed by atoms with Crippen LogP contribution in [0, 0.1) is 0 Å². The molecule has 6 heteroatoms. The maximum atomic E-state index is 12.0. The van der Waals surface area contributed by atoms with Crippen LogP contribution in [-0.2, 0) is 16.1 Å². The third-order valence-electron chi connectivity index (χ3n) is 2.93. The highest BCUT2D eigenvalue weighted by Crippen LogP contribution is 2.18. The summed E-state index contributed by atoms with van der Waals surface area (Å²) in [4.78, 5) is 25.2. The van der Waals surface area contributed by atoms with Crippen LogP contribution in [0.25, 0.3) is 0 Å². The summed E-state index contributed by atoms with van der Waals surface area (Å²) in [6, 6.07) is 0.743. The minimum absolute atomic E-state index is 0.126. The molecule has 0 aliphatic carbocycles. The molecule has 1 fully saturated rings. The number of nitrogens with one attached hydrogen (secondary N) is 1. The van der Waals surface area contributed by atoms with E-state index >= 15 is 0 Å². The minimum Gasteiger partial charge on any atom is -0.343 e. The number of hydrogen-bond acceptors (Lipinski definition) is 3. The molecule has 1 N–H and O–H groups in total. The third kappa shape index (κ3) is 1.90. The van der Waals surface area contributed by atoms with Gasteiger partial charge in [0.15, 0.2) is 5.82 Å². The Labute approximate surface area is 99.6 Å². The number of carbonyl (C=O) groups is 2. The number of aryl methyl sites for hydroxylation is 1. The Morgan fingerprint density at radius 1 is 1.41 bits per heavy atom. The second-order valence-electron chi connectivity index (χ2n) is 4.14. The quantitative estimate of drug-likeness (QED) is 0.794. The van der Waals surface area contributed by atoms with E-state index in [4.69, 9.17) is 0 Å². The summed E-state index contributed by atoms with van der Waals surface area (Å²) >= 11 is 0. The maximum absolute atomic E-state index is 12.0. The normalized spacial score (nSPS) is 25.0. The van der Waals surface area contributed by atoms with E-state index in [1.807, 2.05) is 6.92 Å². The molecule has 2 unspecified atom stereocenters. The van der Waals surface area contributed by atoms with Crippen molar-refractivity contribution >= 4 is 17.6 Å². The van der Waals surface area contributed by atoms with E-state index in [0.717, 1.165) is 6.54 Å². The predicted octanol–water partition coefficient (Wildman–Crippen LogP) is 0.143. The van der Waals surface area contributed by atoms with Gasteiger partial charge in [-0.25, -0.2) is 0 Å². The number of nitrogens with zero attached hydrogens (tertiary/aromatic N) is 3. The molecule has 0 saturated carbocycles. The second-order valence-corrected chi connectivity index (χ2v) is 4.14. The van der Waals surface area contributed by atoms with Crippen LogP contribution in [-0.4, -0.2) is 33.7 Å². The molecule has 17 heavy (non-hydrogen) atoms. The van der Waals surface area contributed by atoms with Crippen molar-refractivity contribution in [2.24, 2.45) is 0 Å². The molecule has 1 aliphatic rings. The van der Waals surface area contributed by atoms with Crippen molar-refractivity contribution < 1.29 is 9.59 Å². The van der Waals surface area contributed by atoms with Crippen molar-refractivity contribution in [3.63, 3.8) is 0 Å². The topological polar surface area (TPSA) is 67.2 Å². The Hall–Kier alpha value is -1.85. The van der Waals surface area contributed by atoms with E-state index in [2.05, 4.69) is 10.4 Å². The Morgan fingerprint density at radius 2 is 2.12 bits per heavy atom. The molecule has 1 aromatic rings. The lowest BCUT2D eigenvalue weighted by atomic mass is 10.1. The summed E-state index contributed by atoms with van der Waals surface area (Å²) in [6.45, 7) is 6.08. The summed E-state index contributed by atoms with van der Waals surface area (Å²) in [5.74, 6) is 0.257. The first kappa shape index (κ1) is 11.6. The molecule has 0 aromatic carbocycles. The van der Waals surface area contributed by atoms with Crippen LogP contribution in [0.3, 0.4) is 0 Å². The zero-order chi connectivity index (χ0) is 12.6. The van der Waals surface area contributed by atoms with E-state index in [1.54, 1.807) is 30.8 Å². The van der Waals surface area contributed by atoms with Gasteiger partial charge < -0.3 is 5.32 Å². The van der Waals surface area contributed by atoms with Crippen LogP contribution in [0.2, 0.25) is 0 Å². The fraction of sp³-hybridized carbons (Fsp3) is 0.545. The molecule has 1 aliphatic heterocycles. The molecule has 0 radical (unpaired) electrons. The van der Waals surface area contributed by atoms with Crippen LogP contribution in [0.1, 0.15) is 20.8 Å². The summed E-state index contributed by atoms with van der Waals surface area (Å²) in [5, 5.41) is 6.90. The van der Waals surface area contributed by atoms with Crippen LogP contribution >= 0.6 is 0 Å². The number of anilines is 1. The zero-order valence-corrected chi connectivity index (χ0v) is 10.2. The van der Waals surface area contributed by atoms with E-state index in [0.29, 0.717) is 5.82 Å². The Kier molecular flexibility index (Phi) is 2.87. The van der Waals surface area contributed by atoms with Crippen molar-refractivity contribution in [1.82, 2.24) is 15.1 Å². The zero-order valence-electron chi connectivity index (χ0n) is 10.2. The van der Waals surface area contributed by atoms with E-state index < -0.39 is 12.1 Å². The number of piperazine rings is 1. The van der Waals surface area contributed by atoms with Crippen molar-refractivity contribution in [3.8, 4) is 0 Å². The van der Waals surface area contributed by atoms with Crippen molar-refractivity contribution in [2.45, 2.75) is 39.4 Å². The summed E-state index contributed by atoms with van der Waals surface area (Å²) in [7, 11) is 0. The first-order valence-electron chi connectivity index (χ1n) is 5.71. The third-order valence-corrected chi connectivity index (χ3v) is 2.93. The van der Waals surface area contributed by atoms with Gasteiger partial charge in [0.05, 0.1) is 0 Å². The van der Waals surface area contributed by atoms with Gasteiger partial charge in [0.2, 0.25) is 5.91 Å². The van der Waals surface area contributed by atoms with Gasteiger partial charge in [-0.3, -0.25) is 19.2 Å². The monoisotopic (exact) mass is 236 g/mol. The van der Waals surface area contributed by atoms with Gasteiger partial charge in [0.25, 0.3) is 5.91 Å². The number of carbonyl (C=O) groups excluding carboxylic acids is 2. The Balaban J connectivity index is 2.33. The summed E-state index contributed by atoms with van der Waals surface area (Å²) in [5.41, 5.74) is 0. The van der Waals surface area contributed by atoms with Crippen molar-refractivity contribution in [1.29, 1.82) is 0 Å². The van der Waals surface area contributed by atoms with Gasteiger partial charge in [-0.15, -0.1) is 0 Å². The van der Waals surface area contributed by atoms with E-state index in [9.17, 15) is 9.59 Å². The number of amides is 2. The van der Waals surface area contributed by atoms with Crippen LogP contribution in [0.4, 0.5) is 5.82 Å². The average Bonchev–Trinajstić information content (AvgIpc) is 2.75. The maximum Gasteiger partial charge on any atom is 0.251 e. The fourth-order valence-corrected chi connectivity index (χ4v) is 1.88. The van der Waals surface area contributed by atoms with Crippen molar-refractivity contribution in [2.75, 3.05) is 4.90 Å². The second kappa shape index (κ2) is 4.20. The van der Waals surface area contributed by atoms with Gasteiger partial charge in [-0.05, 0) is 20.8 Å². The number of hydrogen-bond donors (Lipinski definition) is 1. The first-order valence-corrected chi connectivity index (χ1v) is 5.71. The highest BCUT2D eigenvalue weighted by molar-refractivity contribution is 6.07. The standard InChI is InChI=1S/C11H16N4O2/c1-4-14-6-5-9(13-14)15-8(3)10(16)12-7(2)11(15)17/h5-8H,4H2,1-3H3,(H,12,16). The van der Waals surface area contributed by atoms with E-state index in [1.165, 1.54) is 4.90 Å². The molecule has 2 heterocycles. The van der Waals surface area contributed by atoms with Gasteiger partial charge in [-0.1, -0.05) is 0 Å². The predicted molar refractivity (Wildman–Crippen MR) is 62.5 cm³/mol.